The highest BCUT2D eigenvalue weighted by Crippen LogP contribution is 2.42. The molecule has 0 bridgehead atoms. The number of halogens is 1. The standard InChI is InChI=1S/C13H17BrN4O2/c14-10-4-16-5-12(18(19)20)13(10)17-6-8-2-1-3-11(15)9(8)7-17/h4-5,8-9,11H,1-3,6-7,15H2. The SMILES string of the molecule is NC1CCCC2CN(c3c(Br)cncc3[N+](=O)[O-])CC12. The van der Waals surface area contributed by atoms with E-state index in [0.29, 0.717) is 22.0 Å². The summed E-state index contributed by atoms with van der Waals surface area (Å²) in [6, 6.07) is 0.221. The molecule has 3 unspecified atom stereocenters. The molecule has 2 N–H and O–H groups in total. The molecule has 2 fully saturated rings. The molecule has 1 saturated heterocycles. The number of hydrogen-bond donors (Lipinski definition) is 1. The molecule has 1 aromatic heterocycles. The quantitative estimate of drug-likeness (QED) is 0.659. The van der Waals surface area contributed by atoms with Crippen LogP contribution in [0.3, 0.4) is 0 Å². The van der Waals surface area contributed by atoms with Crippen molar-refractivity contribution in [1.82, 2.24) is 4.98 Å². The van der Waals surface area contributed by atoms with E-state index in [9.17, 15) is 10.1 Å². The average molecular weight is 341 g/mol. The van der Waals surface area contributed by atoms with Crippen molar-refractivity contribution >= 4 is 27.3 Å². The van der Waals surface area contributed by atoms with Gasteiger partial charge in [0, 0.05) is 25.3 Å². The van der Waals surface area contributed by atoms with Crippen molar-refractivity contribution in [3.05, 3.63) is 27.0 Å². The molecule has 1 saturated carbocycles. The summed E-state index contributed by atoms with van der Waals surface area (Å²) >= 11 is 3.40. The third kappa shape index (κ3) is 2.29. The van der Waals surface area contributed by atoms with E-state index in [4.69, 9.17) is 5.73 Å². The van der Waals surface area contributed by atoms with Gasteiger partial charge in [-0.15, -0.1) is 0 Å². The largest absolute Gasteiger partial charge is 0.364 e. The van der Waals surface area contributed by atoms with Gasteiger partial charge in [0.2, 0.25) is 0 Å². The van der Waals surface area contributed by atoms with Gasteiger partial charge in [-0.3, -0.25) is 15.1 Å². The van der Waals surface area contributed by atoms with Crippen molar-refractivity contribution in [3.8, 4) is 0 Å². The summed E-state index contributed by atoms with van der Waals surface area (Å²) in [4.78, 5) is 16.8. The Morgan fingerprint density at radius 1 is 1.40 bits per heavy atom. The Morgan fingerprint density at radius 3 is 2.90 bits per heavy atom. The second-order valence-electron chi connectivity index (χ2n) is 5.67. The van der Waals surface area contributed by atoms with Gasteiger partial charge in [0.25, 0.3) is 0 Å². The minimum atomic E-state index is -0.366. The first-order valence-corrected chi connectivity index (χ1v) is 7.65. The topological polar surface area (TPSA) is 85.3 Å². The lowest BCUT2D eigenvalue weighted by atomic mass is 9.78. The van der Waals surface area contributed by atoms with E-state index < -0.39 is 0 Å². The highest BCUT2D eigenvalue weighted by Gasteiger charge is 2.40. The highest BCUT2D eigenvalue weighted by atomic mass is 79.9. The van der Waals surface area contributed by atoms with Crippen LogP contribution in [0.2, 0.25) is 0 Å². The number of anilines is 1. The minimum absolute atomic E-state index is 0.0617. The van der Waals surface area contributed by atoms with Crippen LogP contribution in [0.15, 0.2) is 16.9 Å². The van der Waals surface area contributed by atoms with E-state index >= 15 is 0 Å². The zero-order chi connectivity index (χ0) is 14.3. The van der Waals surface area contributed by atoms with Crippen LogP contribution in [0.4, 0.5) is 11.4 Å². The molecule has 1 aliphatic heterocycles. The van der Waals surface area contributed by atoms with Gasteiger partial charge in [-0.25, -0.2) is 0 Å². The summed E-state index contributed by atoms with van der Waals surface area (Å²) < 4.78 is 0.680. The molecule has 0 amide bonds. The summed E-state index contributed by atoms with van der Waals surface area (Å²) in [5.74, 6) is 1.00. The van der Waals surface area contributed by atoms with E-state index in [-0.39, 0.29) is 16.7 Å². The maximum absolute atomic E-state index is 11.2. The molecule has 1 aromatic rings. The maximum atomic E-state index is 11.2. The predicted molar refractivity (Wildman–Crippen MR) is 79.6 cm³/mol. The maximum Gasteiger partial charge on any atom is 0.311 e. The molecule has 2 heterocycles. The van der Waals surface area contributed by atoms with Crippen molar-refractivity contribution in [2.24, 2.45) is 17.6 Å². The fraction of sp³-hybridized carbons (Fsp3) is 0.615. The number of nitro groups is 1. The zero-order valence-corrected chi connectivity index (χ0v) is 12.6. The van der Waals surface area contributed by atoms with Crippen LogP contribution in [-0.4, -0.2) is 29.0 Å². The molecule has 108 valence electrons. The van der Waals surface area contributed by atoms with Gasteiger partial charge in [0.15, 0.2) is 0 Å². The zero-order valence-electron chi connectivity index (χ0n) is 11.0. The van der Waals surface area contributed by atoms with Crippen LogP contribution < -0.4 is 10.6 Å². The lowest BCUT2D eigenvalue weighted by molar-refractivity contribution is -0.384. The molecule has 0 radical (unpaired) electrons. The van der Waals surface area contributed by atoms with E-state index in [1.807, 2.05) is 0 Å². The molecule has 0 spiro atoms. The fourth-order valence-corrected chi connectivity index (χ4v) is 4.14. The van der Waals surface area contributed by atoms with Crippen molar-refractivity contribution in [2.45, 2.75) is 25.3 Å². The van der Waals surface area contributed by atoms with E-state index in [1.165, 1.54) is 12.6 Å². The predicted octanol–water partition coefficient (Wildman–Crippen LogP) is 2.32. The van der Waals surface area contributed by atoms with Crippen LogP contribution in [0.1, 0.15) is 19.3 Å². The first-order valence-electron chi connectivity index (χ1n) is 6.86. The molecule has 20 heavy (non-hydrogen) atoms. The molecule has 3 rings (SSSR count). The lowest BCUT2D eigenvalue weighted by Gasteiger charge is -2.29. The van der Waals surface area contributed by atoms with Gasteiger partial charge < -0.3 is 10.6 Å². The van der Waals surface area contributed by atoms with Gasteiger partial charge in [0.1, 0.15) is 11.9 Å². The Morgan fingerprint density at radius 2 is 2.20 bits per heavy atom. The number of rotatable bonds is 2. The third-order valence-electron chi connectivity index (χ3n) is 4.52. The van der Waals surface area contributed by atoms with Crippen molar-refractivity contribution in [2.75, 3.05) is 18.0 Å². The van der Waals surface area contributed by atoms with Gasteiger partial charge >= 0.3 is 5.69 Å². The van der Waals surface area contributed by atoms with Gasteiger partial charge in [-0.1, -0.05) is 6.42 Å². The Bertz CT molecular complexity index is 539. The summed E-state index contributed by atoms with van der Waals surface area (Å²) in [5.41, 5.74) is 6.92. The van der Waals surface area contributed by atoms with Gasteiger partial charge in [-0.05, 0) is 40.6 Å². The van der Waals surface area contributed by atoms with Crippen LogP contribution in [0.5, 0.6) is 0 Å². The molecule has 1 aliphatic carbocycles. The van der Waals surface area contributed by atoms with Crippen LogP contribution >= 0.6 is 15.9 Å². The molecule has 7 heteroatoms. The number of nitrogens with zero attached hydrogens (tertiary/aromatic N) is 3. The third-order valence-corrected chi connectivity index (χ3v) is 5.10. The molecule has 3 atom stereocenters. The monoisotopic (exact) mass is 340 g/mol. The Hall–Kier alpha value is -1.21. The van der Waals surface area contributed by atoms with Crippen LogP contribution in [0.25, 0.3) is 0 Å². The average Bonchev–Trinajstić information content (AvgIpc) is 2.83. The Kier molecular flexibility index (Phi) is 3.64. The normalized spacial score (nSPS) is 29.3. The summed E-state index contributed by atoms with van der Waals surface area (Å²) in [7, 11) is 0. The summed E-state index contributed by atoms with van der Waals surface area (Å²) in [5, 5.41) is 11.2. The highest BCUT2D eigenvalue weighted by molar-refractivity contribution is 9.10. The van der Waals surface area contributed by atoms with E-state index in [0.717, 1.165) is 25.9 Å². The smallest absolute Gasteiger partial charge is 0.311 e. The molecule has 0 aromatic carbocycles. The van der Waals surface area contributed by atoms with Crippen molar-refractivity contribution < 1.29 is 4.92 Å². The van der Waals surface area contributed by atoms with E-state index in [2.05, 4.69) is 25.8 Å². The van der Waals surface area contributed by atoms with Gasteiger partial charge in [0.05, 0.1) is 9.40 Å². The Balaban J connectivity index is 1.93. The lowest BCUT2D eigenvalue weighted by Crippen LogP contribution is -2.38. The number of nitrogens with two attached hydrogens (primary N) is 1. The summed E-state index contributed by atoms with van der Waals surface area (Å²) in [6.45, 7) is 1.65. The first-order chi connectivity index (χ1) is 9.58. The first kappa shape index (κ1) is 13.8. The fourth-order valence-electron chi connectivity index (χ4n) is 3.56. The molecular weight excluding hydrogens is 324 g/mol. The molecule has 6 nitrogen and oxygen atoms in total. The second-order valence-corrected chi connectivity index (χ2v) is 6.52. The van der Waals surface area contributed by atoms with Gasteiger partial charge in [-0.2, -0.15) is 0 Å². The molecule has 2 aliphatic rings. The van der Waals surface area contributed by atoms with E-state index in [1.54, 1.807) is 6.20 Å². The summed E-state index contributed by atoms with van der Waals surface area (Å²) in [6.07, 6.45) is 6.34. The Labute approximate surface area is 125 Å². The number of fused-ring (bicyclic) bond motifs is 1. The van der Waals surface area contributed by atoms with Crippen LogP contribution in [0, 0.1) is 22.0 Å². The molecular formula is C13H17BrN4O2. The van der Waals surface area contributed by atoms with Crippen molar-refractivity contribution in [3.63, 3.8) is 0 Å². The number of pyridine rings is 1. The second kappa shape index (κ2) is 5.29. The van der Waals surface area contributed by atoms with Crippen molar-refractivity contribution in [1.29, 1.82) is 0 Å². The van der Waals surface area contributed by atoms with Crippen LogP contribution in [-0.2, 0) is 0 Å². The number of aromatic nitrogens is 1. The minimum Gasteiger partial charge on any atom is -0.364 e. The number of hydrogen-bond acceptors (Lipinski definition) is 5.